The molecule has 2 rings (SSSR count). The average Bonchev–Trinajstić information content (AvgIpc) is 2.81. The van der Waals surface area contributed by atoms with Crippen molar-refractivity contribution in [2.75, 3.05) is 13.7 Å². The minimum absolute atomic E-state index is 0.558. The zero-order chi connectivity index (χ0) is 17.4. The maximum atomic E-state index is 9.55. The second kappa shape index (κ2) is 8.60. The number of carboxylic acids is 2. The highest BCUT2D eigenvalue weighted by molar-refractivity contribution is 5.89. The van der Waals surface area contributed by atoms with Crippen molar-refractivity contribution in [1.82, 2.24) is 4.98 Å². The summed E-state index contributed by atoms with van der Waals surface area (Å²) < 4.78 is 5.22. The molecule has 7 nitrogen and oxygen atoms in total. The second-order valence-corrected chi connectivity index (χ2v) is 4.69. The third-order valence-corrected chi connectivity index (χ3v) is 3.09. The lowest BCUT2D eigenvalue weighted by atomic mass is 10.1. The number of aromatic amines is 1. The van der Waals surface area contributed by atoms with Gasteiger partial charge in [0.05, 0.1) is 7.11 Å². The van der Waals surface area contributed by atoms with E-state index >= 15 is 0 Å². The van der Waals surface area contributed by atoms with Crippen molar-refractivity contribution in [3.05, 3.63) is 41.6 Å². The Morgan fingerprint density at radius 3 is 2.35 bits per heavy atom. The van der Waals surface area contributed by atoms with Gasteiger partial charge in [0.2, 0.25) is 0 Å². The van der Waals surface area contributed by atoms with E-state index < -0.39 is 11.9 Å². The first-order valence-electron chi connectivity index (χ1n) is 6.88. The summed E-state index contributed by atoms with van der Waals surface area (Å²) in [4.78, 5) is 22.5. The molecular weight excluding hydrogens is 300 g/mol. The smallest absolute Gasteiger partial charge is 0.328 e. The van der Waals surface area contributed by atoms with Crippen LogP contribution < -0.4 is 10.5 Å². The molecule has 0 bridgehead atoms. The van der Waals surface area contributed by atoms with Crippen LogP contribution in [0.15, 0.2) is 30.4 Å². The van der Waals surface area contributed by atoms with E-state index in [1.165, 1.54) is 16.6 Å². The highest BCUT2D eigenvalue weighted by atomic mass is 16.5. The van der Waals surface area contributed by atoms with Gasteiger partial charge in [0, 0.05) is 28.7 Å². The third-order valence-electron chi connectivity index (χ3n) is 3.09. The van der Waals surface area contributed by atoms with Crippen molar-refractivity contribution in [3.63, 3.8) is 0 Å². The Morgan fingerprint density at radius 2 is 1.87 bits per heavy atom. The molecule has 0 fully saturated rings. The van der Waals surface area contributed by atoms with E-state index in [0.29, 0.717) is 18.7 Å². The maximum Gasteiger partial charge on any atom is 0.328 e. The van der Waals surface area contributed by atoms with Gasteiger partial charge in [0.15, 0.2) is 0 Å². The fourth-order valence-electron chi connectivity index (χ4n) is 2.10. The number of fused-ring (bicyclic) bond motifs is 1. The summed E-state index contributed by atoms with van der Waals surface area (Å²) in [5.41, 5.74) is 9.25. The summed E-state index contributed by atoms with van der Waals surface area (Å²) in [5.74, 6) is -1.63. The highest BCUT2D eigenvalue weighted by Crippen LogP contribution is 2.26. The van der Waals surface area contributed by atoms with Crippen LogP contribution in [0, 0.1) is 6.92 Å². The van der Waals surface area contributed by atoms with Crippen LogP contribution in [-0.4, -0.2) is 40.8 Å². The molecule has 0 amide bonds. The SMILES string of the molecule is COc1ccc2[nH]c(C)c(CCN)c2c1.O=C(O)/C=C\C(=O)O. The number of aliphatic carboxylic acids is 2. The Balaban J connectivity index is 0.000000284. The van der Waals surface area contributed by atoms with Crippen LogP contribution in [0.5, 0.6) is 5.75 Å². The van der Waals surface area contributed by atoms with Crippen molar-refractivity contribution in [1.29, 1.82) is 0 Å². The molecule has 0 spiro atoms. The van der Waals surface area contributed by atoms with Crippen LogP contribution in [0.2, 0.25) is 0 Å². The van der Waals surface area contributed by atoms with E-state index in [9.17, 15) is 9.59 Å². The first-order valence-corrected chi connectivity index (χ1v) is 6.88. The number of methoxy groups -OCH3 is 1. The largest absolute Gasteiger partial charge is 0.497 e. The maximum absolute atomic E-state index is 9.55. The molecule has 0 aliphatic carbocycles. The highest BCUT2D eigenvalue weighted by Gasteiger charge is 2.08. The lowest BCUT2D eigenvalue weighted by Gasteiger charge is -2.01. The molecule has 0 unspecified atom stereocenters. The summed E-state index contributed by atoms with van der Waals surface area (Å²) in [6.45, 7) is 2.75. The minimum Gasteiger partial charge on any atom is -0.497 e. The third kappa shape index (κ3) is 5.48. The topological polar surface area (TPSA) is 126 Å². The predicted molar refractivity (Wildman–Crippen MR) is 86.8 cm³/mol. The summed E-state index contributed by atoms with van der Waals surface area (Å²) in [6, 6.07) is 6.06. The minimum atomic E-state index is -1.26. The molecule has 1 aromatic heterocycles. The van der Waals surface area contributed by atoms with E-state index in [0.717, 1.165) is 17.7 Å². The van der Waals surface area contributed by atoms with E-state index in [1.54, 1.807) is 7.11 Å². The molecule has 5 N–H and O–H groups in total. The molecular formula is C16H20N2O5. The zero-order valence-corrected chi connectivity index (χ0v) is 13.0. The number of rotatable bonds is 5. The fourth-order valence-corrected chi connectivity index (χ4v) is 2.10. The van der Waals surface area contributed by atoms with E-state index in [4.69, 9.17) is 20.7 Å². The first-order chi connectivity index (χ1) is 10.9. The van der Waals surface area contributed by atoms with Gasteiger partial charge in [-0.15, -0.1) is 0 Å². The normalized spacial score (nSPS) is 10.4. The molecule has 2 aromatic rings. The molecule has 1 aromatic carbocycles. The van der Waals surface area contributed by atoms with Crippen molar-refractivity contribution in [3.8, 4) is 5.75 Å². The van der Waals surface area contributed by atoms with Crippen LogP contribution >= 0.6 is 0 Å². The van der Waals surface area contributed by atoms with E-state index in [-0.39, 0.29) is 0 Å². The Bertz CT molecular complexity index is 703. The van der Waals surface area contributed by atoms with Gasteiger partial charge in [-0.1, -0.05) is 0 Å². The number of hydrogen-bond donors (Lipinski definition) is 4. The number of nitrogens with one attached hydrogen (secondary N) is 1. The van der Waals surface area contributed by atoms with Crippen molar-refractivity contribution < 1.29 is 24.5 Å². The molecule has 0 radical (unpaired) electrons. The van der Waals surface area contributed by atoms with Crippen LogP contribution in [0.1, 0.15) is 11.3 Å². The van der Waals surface area contributed by atoms with Crippen LogP contribution in [0.4, 0.5) is 0 Å². The van der Waals surface area contributed by atoms with Gasteiger partial charge in [0.1, 0.15) is 5.75 Å². The van der Waals surface area contributed by atoms with Gasteiger partial charge in [-0.2, -0.15) is 0 Å². The molecule has 0 aliphatic heterocycles. The molecule has 0 atom stereocenters. The molecule has 0 aliphatic rings. The van der Waals surface area contributed by atoms with Crippen LogP contribution in [0.25, 0.3) is 10.9 Å². The number of ether oxygens (including phenoxy) is 1. The fraction of sp³-hybridized carbons (Fsp3) is 0.250. The van der Waals surface area contributed by atoms with Gasteiger partial charge in [-0.25, -0.2) is 9.59 Å². The molecule has 124 valence electrons. The Kier molecular flexibility index (Phi) is 6.82. The van der Waals surface area contributed by atoms with Gasteiger partial charge in [-0.3, -0.25) is 0 Å². The molecule has 0 saturated heterocycles. The lowest BCUT2D eigenvalue weighted by Crippen LogP contribution is -2.03. The number of carboxylic acid groups (broad SMARTS) is 2. The number of aromatic nitrogens is 1. The average molecular weight is 320 g/mol. The lowest BCUT2D eigenvalue weighted by molar-refractivity contribution is -0.134. The monoisotopic (exact) mass is 320 g/mol. The number of H-pyrrole nitrogens is 1. The van der Waals surface area contributed by atoms with Crippen molar-refractivity contribution >= 4 is 22.8 Å². The Morgan fingerprint density at radius 1 is 1.26 bits per heavy atom. The van der Waals surface area contributed by atoms with Crippen molar-refractivity contribution in [2.45, 2.75) is 13.3 Å². The number of aryl methyl sites for hydroxylation is 1. The number of hydrogen-bond acceptors (Lipinski definition) is 4. The molecule has 23 heavy (non-hydrogen) atoms. The Labute approximate surface area is 133 Å². The summed E-state index contributed by atoms with van der Waals surface area (Å²) in [6.07, 6.45) is 2.02. The Hall–Kier alpha value is -2.80. The van der Waals surface area contributed by atoms with Gasteiger partial charge in [0.25, 0.3) is 0 Å². The van der Waals surface area contributed by atoms with Gasteiger partial charge < -0.3 is 25.7 Å². The standard InChI is InChI=1S/C12H16N2O.C4H4O4/c1-8-10(5-6-13)11-7-9(15-2)3-4-12(11)14-8;5-3(6)1-2-4(7)8/h3-4,7,14H,5-6,13H2,1-2H3;1-2H,(H,5,6)(H,7,8)/b;2-1-. The number of carbonyl (C=O) groups is 2. The van der Waals surface area contributed by atoms with Crippen molar-refractivity contribution in [2.24, 2.45) is 5.73 Å². The first kappa shape index (κ1) is 18.2. The second-order valence-electron chi connectivity index (χ2n) is 4.69. The van der Waals surface area contributed by atoms with Gasteiger partial charge in [-0.05, 0) is 43.7 Å². The molecule has 0 saturated carbocycles. The molecule has 1 heterocycles. The number of benzene rings is 1. The van der Waals surface area contributed by atoms with E-state index in [1.807, 2.05) is 12.1 Å². The quantitative estimate of drug-likeness (QED) is 0.621. The number of nitrogens with two attached hydrogens (primary N) is 1. The summed E-state index contributed by atoms with van der Waals surface area (Å²) in [7, 11) is 1.68. The summed E-state index contributed by atoms with van der Waals surface area (Å²) in [5, 5.41) is 16.8. The van der Waals surface area contributed by atoms with Crippen LogP contribution in [0.3, 0.4) is 0 Å². The predicted octanol–water partition coefficient (Wildman–Crippen LogP) is 1.70. The van der Waals surface area contributed by atoms with Gasteiger partial charge >= 0.3 is 11.9 Å². The summed E-state index contributed by atoms with van der Waals surface area (Å²) >= 11 is 0. The zero-order valence-electron chi connectivity index (χ0n) is 13.0. The molecule has 7 heteroatoms. The van der Waals surface area contributed by atoms with E-state index in [2.05, 4.69) is 18.0 Å². The van der Waals surface area contributed by atoms with Crippen LogP contribution in [-0.2, 0) is 16.0 Å².